The highest BCUT2D eigenvalue weighted by atomic mass is 19.1. The zero-order valence-corrected chi connectivity index (χ0v) is 12.2. The molecule has 4 heteroatoms. The minimum atomic E-state index is -0.329. The molecule has 1 fully saturated rings. The molecule has 1 aromatic carbocycles. The average Bonchev–Trinajstić information content (AvgIpc) is 2.52. The molecule has 0 spiro atoms. The van der Waals surface area contributed by atoms with Crippen LogP contribution in [0.2, 0.25) is 0 Å². The molecule has 113 valence electrons. The van der Waals surface area contributed by atoms with Crippen molar-refractivity contribution in [3.05, 3.63) is 35.6 Å². The first-order valence-corrected chi connectivity index (χ1v) is 7.60. The van der Waals surface area contributed by atoms with Crippen LogP contribution in [0.3, 0.4) is 0 Å². The first kappa shape index (κ1) is 15.7. The van der Waals surface area contributed by atoms with Gasteiger partial charge in [0.2, 0.25) is 5.91 Å². The molecule has 0 aliphatic heterocycles. The van der Waals surface area contributed by atoms with Gasteiger partial charge in [-0.15, -0.1) is 0 Å². The zero-order valence-electron chi connectivity index (χ0n) is 12.2. The number of carbonyl (C=O) groups excluding carboxylic acids is 2. The summed E-state index contributed by atoms with van der Waals surface area (Å²) in [7, 11) is 0. The van der Waals surface area contributed by atoms with Gasteiger partial charge in [-0.3, -0.25) is 4.79 Å². The van der Waals surface area contributed by atoms with E-state index in [9.17, 15) is 14.0 Å². The lowest BCUT2D eigenvalue weighted by molar-refractivity contribution is -0.136. The normalized spacial score (nSPS) is 15.7. The summed E-state index contributed by atoms with van der Waals surface area (Å²) in [6, 6.07) is 7.41. The molecule has 1 amide bonds. The monoisotopic (exact) mass is 290 g/mol. The molecule has 1 saturated carbocycles. The highest BCUT2D eigenvalue weighted by Gasteiger charge is 2.24. The van der Waals surface area contributed by atoms with Crippen LogP contribution in [0.15, 0.2) is 18.2 Å². The topological polar surface area (TPSA) is 37.4 Å². The molecule has 0 heterocycles. The van der Waals surface area contributed by atoms with Gasteiger partial charge in [-0.25, -0.2) is 4.39 Å². The minimum absolute atomic E-state index is 0.0544. The Kier molecular flexibility index (Phi) is 5.90. The molecule has 21 heavy (non-hydrogen) atoms. The van der Waals surface area contributed by atoms with E-state index >= 15 is 0 Å². The summed E-state index contributed by atoms with van der Waals surface area (Å²) in [4.78, 5) is 24.9. The van der Waals surface area contributed by atoms with Gasteiger partial charge in [-0.1, -0.05) is 31.4 Å². The molecule has 1 aliphatic carbocycles. The van der Waals surface area contributed by atoms with E-state index < -0.39 is 0 Å². The van der Waals surface area contributed by atoms with Gasteiger partial charge in [0.1, 0.15) is 12.1 Å². The molecule has 1 aliphatic rings. The van der Waals surface area contributed by atoms with Crippen molar-refractivity contribution in [3.63, 3.8) is 0 Å². The van der Waals surface area contributed by atoms with Gasteiger partial charge in [-0.2, -0.15) is 0 Å². The van der Waals surface area contributed by atoms with Crippen LogP contribution in [0, 0.1) is 11.9 Å². The fourth-order valence-corrected chi connectivity index (χ4v) is 2.96. The van der Waals surface area contributed by atoms with Crippen LogP contribution in [0.25, 0.3) is 0 Å². The van der Waals surface area contributed by atoms with Crippen molar-refractivity contribution in [2.24, 2.45) is 0 Å². The lowest BCUT2D eigenvalue weighted by Gasteiger charge is -2.33. The summed E-state index contributed by atoms with van der Waals surface area (Å²) in [6.45, 7) is 0.147. The summed E-state index contributed by atoms with van der Waals surface area (Å²) < 4.78 is 13.5. The minimum Gasteiger partial charge on any atom is -0.333 e. The Morgan fingerprint density at radius 1 is 1.38 bits per heavy atom. The predicted octanol–water partition coefficient (Wildman–Crippen LogP) is 2.92. The summed E-state index contributed by atoms with van der Waals surface area (Å²) in [5.74, 6) is -0.383. The molecule has 0 bridgehead atoms. The van der Waals surface area contributed by atoms with Crippen molar-refractivity contribution in [2.75, 3.05) is 6.54 Å². The second-order valence-electron chi connectivity index (χ2n) is 5.52. The number of hydrogen-bond acceptors (Lipinski definition) is 2. The second kappa shape index (κ2) is 7.91. The van der Waals surface area contributed by atoms with Crippen molar-refractivity contribution >= 4 is 12.2 Å². The van der Waals surface area contributed by atoms with Gasteiger partial charge in [0.15, 0.2) is 0 Å². The van der Waals surface area contributed by atoms with Crippen LogP contribution in [0.4, 0.5) is 4.39 Å². The van der Waals surface area contributed by atoms with E-state index in [0.29, 0.717) is 12.0 Å². The number of aryl methyl sites for hydroxylation is 1. The highest BCUT2D eigenvalue weighted by molar-refractivity contribution is 5.79. The Labute approximate surface area is 125 Å². The molecule has 0 aromatic heterocycles. The molecule has 0 atom stereocenters. The number of hydrogen-bond donors (Lipinski definition) is 0. The maximum Gasteiger partial charge on any atom is 0.223 e. The van der Waals surface area contributed by atoms with Crippen LogP contribution in [-0.4, -0.2) is 29.7 Å². The van der Waals surface area contributed by atoms with Gasteiger partial charge in [0, 0.05) is 12.5 Å². The molecule has 1 aromatic rings. The molecular weight excluding hydrogens is 269 g/mol. The molecule has 2 rings (SSSR count). The van der Waals surface area contributed by atoms with E-state index in [0.717, 1.165) is 32.0 Å². The van der Waals surface area contributed by atoms with Crippen molar-refractivity contribution in [1.29, 1.82) is 0 Å². The number of nitrogens with zero attached hydrogens (tertiary/aromatic N) is 1. The van der Waals surface area contributed by atoms with Gasteiger partial charge >= 0.3 is 0 Å². The van der Waals surface area contributed by atoms with Crippen molar-refractivity contribution in [2.45, 2.75) is 51.0 Å². The second-order valence-corrected chi connectivity index (χ2v) is 5.52. The smallest absolute Gasteiger partial charge is 0.223 e. The molecule has 0 N–H and O–H groups in total. The number of amides is 1. The third-order valence-electron chi connectivity index (χ3n) is 4.11. The van der Waals surface area contributed by atoms with Crippen molar-refractivity contribution in [1.82, 2.24) is 4.90 Å². The van der Waals surface area contributed by atoms with Crippen LogP contribution >= 0.6 is 0 Å². The lowest BCUT2D eigenvalue weighted by Crippen LogP contribution is -2.42. The van der Waals surface area contributed by atoms with E-state index in [-0.39, 0.29) is 30.7 Å². The fraction of sp³-hybridized carbons (Fsp3) is 0.529. The molecular formula is C17H21FNO2. The van der Waals surface area contributed by atoms with Crippen molar-refractivity contribution in [3.8, 4) is 0 Å². The van der Waals surface area contributed by atoms with Gasteiger partial charge in [0.25, 0.3) is 0 Å². The Morgan fingerprint density at radius 3 is 2.81 bits per heavy atom. The standard InChI is InChI=1S/C17H21FNO2/c18-16-9-5-4-6-14(16)10-11-17(21)19(12-13-20)15-7-2-1-3-8-15/h4,6,9,13,15H,1-3,7-8,10-12H2. The van der Waals surface area contributed by atoms with E-state index in [1.54, 1.807) is 17.0 Å². The summed E-state index contributed by atoms with van der Waals surface area (Å²) in [5, 5.41) is 0. The Bertz CT molecular complexity index is 483. The summed E-state index contributed by atoms with van der Waals surface area (Å²) in [5.41, 5.74) is 0.525. The number of halogens is 1. The number of rotatable bonds is 6. The maximum absolute atomic E-state index is 13.5. The van der Waals surface area contributed by atoms with Crippen LogP contribution < -0.4 is 0 Å². The van der Waals surface area contributed by atoms with E-state index in [2.05, 4.69) is 6.07 Å². The number of benzene rings is 1. The Hall–Kier alpha value is -1.71. The van der Waals surface area contributed by atoms with Crippen molar-refractivity contribution < 1.29 is 14.0 Å². The van der Waals surface area contributed by atoms with Gasteiger partial charge in [0.05, 0.1) is 6.54 Å². The first-order chi connectivity index (χ1) is 10.2. The SMILES string of the molecule is O=CCN(C(=O)CCc1cc[c]cc1F)C1CCCCC1. The number of carbonyl (C=O) groups is 2. The average molecular weight is 290 g/mol. The summed E-state index contributed by atoms with van der Waals surface area (Å²) >= 11 is 0. The Balaban J connectivity index is 1.95. The third-order valence-corrected chi connectivity index (χ3v) is 4.11. The lowest BCUT2D eigenvalue weighted by atomic mass is 9.93. The van der Waals surface area contributed by atoms with Crippen LogP contribution in [0.5, 0.6) is 0 Å². The summed E-state index contributed by atoms with van der Waals surface area (Å²) in [6.07, 6.45) is 6.73. The maximum atomic E-state index is 13.5. The highest BCUT2D eigenvalue weighted by Crippen LogP contribution is 2.23. The first-order valence-electron chi connectivity index (χ1n) is 7.60. The largest absolute Gasteiger partial charge is 0.333 e. The van der Waals surface area contributed by atoms with E-state index in [4.69, 9.17) is 0 Å². The molecule has 0 unspecified atom stereocenters. The van der Waals surface area contributed by atoms with Crippen LogP contribution in [-0.2, 0) is 16.0 Å². The van der Waals surface area contributed by atoms with E-state index in [1.165, 1.54) is 12.5 Å². The van der Waals surface area contributed by atoms with E-state index in [1.807, 2.05) is 0 Å². The predicted molar refractivity (Wildman–Crippen MR) is 78.2 cm³/mol. The zero-order chi connectivity index (χ0) is 15.1. The molecule has 0 saturated heterocycles. The molecule has 3 nitrogen and oxygen atoms in total. The number of aldehydes is 1. The van der Waals surface area contributed by atoms with Crippen LogP contribution in [0.1, 0.15) is 44.1 Å². The Morgan fingerprint density at radius 2 is 2.14 bits per heavy atom. The third kappa shape index (κ3) is 4.38. The van der Waals surface area contributed by atoms with Gasteiger partial charge in [-0.05, 0) is 37.0 Å². The quantitative estimate of drug-likeness (QED) is 0.755. The van der Waals surface area contributed by atoms with Gasteiger partial charge < -0.3 is 9.69 Å². The molecule has 1 radical (unpaired) electrons. The fourth-order valence-electron chi connectivity index (χ4n) is 2.96.